The molecule has 0 unspecified atom stereocenters. The van der Waals surface area contributed by atoms with E-state index < -0.39 is 0 Å². The fraction of sp³-hybridized carbons (Fsp3) is 0.533. The van der Waals surface area contributed by atoms with Crippen LogP contribution in [0.3, 0.4) is 0 Å². The van der Waals surface area contributed by atoms with Gasteiger partial charge in [0.1, 0.15) is 5.75 Å². The molecule has 20 heavy (non-hydrogen) atoms. The Labute approximate surface area is 125 Å². The number of rotatable bonds is 8. The van der Waals surface area contributed by atoms with Crippen LogP contribution < -0.4 is 15.4 Å². The minimum absolute atomic E-state index is 0.0539. The molecule has 0 aliphatic carbocycles. The predicted molar refractivity (Wildman–Crippen MR) is 83.6 cm³/mol. The van der Waals surface area contributed by atoms with Crippen LogP contribution in [0.25, 0.3) is 0 Å². The van der Waals surface area contributed by atoms with E-state index in [2.05, 4.69) is 10.6 Å². The van der Waals surface area contributed by atoms with Gasteiger partial charge in [0.15, 0.2) is 0 Å². The molecular weight excluding hydrogens is 276 g/mol. The fourth-order valence-electron chi connectivity index (χ4n) is 1.62. The molecule has 0 saturated heterocycles. The molecular formula is C15H23ClN2O2. The number of amides is 1. The Morgan fingerprint density at radius 3 is 2.80 bits per heavy atom. The number of anilines is 1. The van der Waals surface area contributed by atoms with E-state index in [1.54, 1.807) is 18.2 Å². The molecule has 0 radical (unpaired) electrons. The standard InChI is InChI=1S/C15H23ClN2O2/c1-4-9-20-14-6-5-12(16)10-13(14)18-15(19)7-8-17-11(2)3/h5-6,10-11,17H,4,7-9H2,1-3H3,(H,18,19). The number of hydrogen-bond donors (Lipinski definition) is 2. The van der Waals surface area contributed by atoms with Gasteiger partial charge < -0.3 is 15.4 Å². The van der Waals surface area contributed by atoms with Crippen molar-refractivity contribution >= 4 is 23.2 Å². The number of carbonyl (C=O) groups is 1. The molecule has 0 aliphatic heterocycles. The Morgan fingerprint density at radius 1 is 1.40 bits per heavy atom. The first kappa shape index (κ1) is 16.8. The molecule has 0 aliphatic rings. The zero-order valence-electron chi connectivity index (χ0n) is 12.3. The van der Waals surface area contributed by atoms with Crippen LogP contribution in [0.2, 0.25) is 5.02 Å². The first-order chi connectivity index (χ1) is 9.52. The third kappa shape index (κ3) is 6.26. The van der Waals surface area contributed by atoms with E-state index >= 15 is 0 Å². The van der Waals surface area contributed by atoms with Crippen molar-refractivity contribution in [2.75, 3.05) is 18.5 Å². The Kier molecular flexibility index (Phi) is 7.41. The van der Waals surface area contributed by atoms with Crippen LogP contribution >= 0.6 is 11.6 Å². The summed E-state index contributed by atoms with van der Waals surface area (Å²) in [6.07, 6.45) is 1.33. The first-order valence-electron chi connectivity index (χ1n) is 6.98. The van der Waals surface area contributed by atoms with Crippen molar-refractivity contribution in [3.8, 4) is 5.75 Å². The second-order valence-corrected chi connectivity index (χ2v) is 5.33. The molecule has 0 saturated carbocycles. The van der Waals surface area contributed by atoms with Gasteiger partial charge >= 0.3 is 0 Å². The van der Waals surface area contributed by atoms with Crippen molar-refractivity contribution < 1.29 is 9.53 Å². The van der Waals surface area contributed by atoms with Crippen LogP contribution in [-0.2, 0) is 4.79 Å². The highest BCUT2D eigenvalue weighted by molar-refractivity contribution is 6.31. The van der Waals surface area contributed by atoms with Crippen molar-refractivity contribution in [3.05, 3.63) is 23.2 Å². The van der Waals surface area contributed by atoms with Gasteiger partial charge in [-0.3, -0.25) is 4.79 Å². The van der Waals surface area contributed by atoms with Crippen LogP contribution in [0.5, 0.6) is 5.75 Å². The van der Waals surface area contributed by atoms with E-state index in [9.17, 15) is 4.79 Å². The number of nitrogens with one attached hydrogen (secondary N) is 2. The third-order valence-electron chi connectivity index (χ3n) is 2.58. The van der Waals surface area contributed by atoms with Crippen molar-refractivity contribution in [2.45, 2.75) is 39.7 Å². The number of ether oxygens (including phenoxy) is 1. The second kappa shape index (κ2) is 8.82. The van der Waals surface area contributed by atoms with Crippen molar-refractivity contribution in [2.24, 2.45) is 0 Å². The zero-order valence-corrected chi connectivity index (χ0v) is 13.1. The minimum Gasteiger partial charge on any atom is -0.491 e. The normalized spacial score (nSPS) is 10.7. The van der Waals surface area contributed by atoms with Crippen LogP contribution in [0.4, 0.5) is 5.69 Å². The lowest BCUT2D eigenvalue weighted by Crippen LogP contribution is -2.27. The molecule has 0 spiro atoms. The molecule has 0 atom stereocenters. The van der Waals surface area contributed by atoms with Crippen LogP contribution in [0, 0.1) is 0 Å². The maximum Gasteiger partial charge on any atom is 0.225 e. The molecule has 5 heteroatoms. The Bertz CT molecular complexity index is 436. The zero-order chi connectivity index (χ0) is 15.0. The molecule has 0 fully saturated rings. The van der Waals surface area contributed by atoms with Gasteiger partial charge in [0.2, 0.25) is 5.91 Å². The lowest BCUT2D eigenvalue weighted by molar-refractivity contribution is -0.116. The summed E-state index contributed by atoms with van der Waals surface area (Å²) in [6, 6.07) is 5.61. The van der Waals surface area contributed by atoms with Gasteiger partial charge in [-0.25, -0.2) is 0 Å². The predicted octanol–water partition coefficient (Wildman–Crippen LogP) is 3.46. The second-order valence-electron chi connectivity index (χ2n) is 4.90. The fourth-order valence-corrected chi connectivity index (χ4v) is 1.80. The number of halogens is 1. The molecule has 2 N–H and O–H groups in total. The largest absolute Gasteiger partial charge is 0.491 e. The van der Waals surface area contributed by atoms with Gasteiger partial charge in [0.25, 0.3) is 0 Å². The molecule has 0 heterocycles. The van der Waals surface area contributed by atoms with Crippen LogP contribution in [0.15, 0.2) is 18.2 Å². The van der Waals surface area contributed by atoms with Crippen molar-refractivity contribution in [3.63, 3.8) is 0 Å². The van der Waals surface area contributed by atoms with E-state index in [0.717, 1.165) is 6.42 Å². The smallest absolute Gasteiger partial charge is 0.225 e. The quantitative estimate of drug-likeness (QED) is 0.773. The minimum atomic E-state index is -0.0539. The third-order valence-corrected chi connectivity index (χ3v) is 2.82. The molecule has 1 amide bonds. The summed E-state index contributed by atoms with van der Waals surface area (Å²) in [5, 5.41) is 6.62. The maximum atomic E-state index is 11.9. The molecule has 112 valence electrons. The van der Waals surface area contributed by atoms with E-state index in [1.165, 1.54) is 0 Å². The van der Waals surface area contributed by atoms with Crippen molar-refractivity contribution in [1.29, 1.82) is 0 Å². The molecule has 1 aromatic carbocycles. The SMILES string of the molecule is CCCOc1ccc(Cl)cc1NC(=O)CCNC(C)C. The highest BCUT2D eigenvalue weighted by Crippen LogP contribution is 2.28. The monoisotopic (exact) mass is 298 g/mol. The van der Waals surface area contributed by atoms with Crippen molar-refractivity contribution in [1.82, 2.24) is 5.32 Å². The van der Waals surface area contributed by atoms with Gasteiger partial charge in [0.05, 0.1) is 12.3 Å². The van der Waals surface area contributed by atoms with Gasteiger partial charge in [-0.05, 0) is 24.6 Å². The lowest BCUT2D eigenvalue weighted by atomic mass is 10.2. The van der Waals surface area contributed by atoms with E-state index in [0.29, 0.717) is 42.1 Å². The van der Waals surface area contributed by atoms with Gasteiger partial charge in [0, 0.05) is 24.0 Å². The maximum absolute atomic E-state index is 11.9. The van der Waals surface area contributed by atoms with E-state index in [-0.39, 0.29) is 5.91 Å². The summed E-state index contributed by atoms with van der Waals surface area (Å²) in [5.74, 6) is 0.600. The molecule has 4 nitrogen and oxygen atoms in total. The van der Waals surface area contributed by atoms with Crippen LogP contribution in [-0.4, -0.2) is 25.1 Å². The summed E-state index contributed by atoms with van der Waals surface area (Å²) in [7, 11) is 0. The first-order valence-corrected chi connectivity index (χ1v) is 7.36. The summed E-state index contributed by atoms with van der Waals surface area (Å²) in [5.41, 5.74) is 0.625. The number of benzene rings is 1. The number of carbonyl (C=O) groups excluding carboxylic acids is 1. The summed E-state index contributed by atoms with van der Waals surface area (Å²) in [4.78, 5) is 11.9. The van der Waals surface area contributed by atoms with Gasteiger partial charge in [-0.1, -0.05) is 32.4 Å². The highest BCUT2D eigenvalue weighted by atomic mass is 35.5. The topological polar surface area (TPSA) is 50.4 Å². The summed E-state index contributed by atoms with van der Waals surface area (Å²) >= 11 is 5.96. The Balaban J connectivity index is 2.60. The lowest BCUT2D eigenvalue weighted by Gasteiger charge is -2.13. The molecule has 1 aromatic rings. The Morgan fingerprint density at radius 2 is 2.15 bits per heavy atom. The average Bonchev–Trinajstić information content (AvgIpc) is 2.37. The average molecular weight is 299 g/mol. The van der Waals surface area contributed by atoms with E-state index in [1.807, 2.05) is 20.8 Å². The Hall–Kier alpha value is -1.26. The summed E-state index contributed by atoms with van der Waals surface area (Å²) < 4.78 is 5.60. The van der Waals surface area contributed by atoms with Gasteiger partial charge in [-0.2, -0.15) is 0 Å². The number of hydrogen-bond acceptors (Lipinski definition) is 3. The molecule has 1 rings (SSSR count). The summed E-state index contributed by atoms with van der Waals surface area (Å²) in [6.45, 7) is 7.39. The van der Waals surface area contributed by atoms with E-state index in [4.69, 9.17) is 16.3 Å². The van der Waals surface area contributed by atoms with Crippen LogP contribution in [0.1, 0.15) is 33.6 Å². The van der Waals surface area contributed by atoms with Gasteiger partial charge in [-0.15, -0.1) is 0 Å². The highest BCUT2D eigenvalue weighted by Gasteiger charge is 2.09. The molecule has 0 aromatic heterocycles. The molecule has 0 bridgehead atoms.